The fourth-order valence-corrected chi connectivity index (χ4v) is 5.34. The molecule has 0 radical (unpaired) electrons. The molecule has 202 valence electrons. The summed E-state index contributed by atoms with van der Waals surface area (Å²) in [7, 11) is -3.67. The number of carbonyl (C=O) groups is 1. The minimum absolute atomic E-state index is 0.104. The minimum atomic E-state index is -3.67. The maximum atomic E-state index is 13.5. The van der Waals surface area contributed by atoms with Gasteiger partial charge in [-0.25, -0.2) is 0 Å². The van der Waals surface area contributed by atoms with E-state index < -0.39 is 7.60 Å². The molecule has 0 aliphatic heterocycles. The smallest absolute Gasteiger partial charge is 0.340 e. The number of para-hydroxylation sites is 1. The number of hydrogen-bond donors (Lipinski definition) is 1. The Labute approximate surface area is 230 Å². The normalized spacial score (nSPS) is 11.2. The van der Waals surface area contributed by atoms with Gasteiger partial charge in [-0.05, 0) is 60.2 Å². The summed E-state index contributed by atoms with van der Waals surface area (Å²) in [5.41, 5.74) is 2.89. The largest absolute Gasteiger partial charge is 0.457 e. The fraction of sp³-hybridized carbons (Fsp3) is 0.219. The molecule has 4 rings (SSSR count). The lowest BCUT2D eigenvalue weighted by Gasteiger charge is -2.19. The van der Waals surface area contributed by atoms with Crippen molar-refractivity contribution in [1.29, 1.82) is 0 Å². The number of ether oxygens (including phenoxy) is 1. The van der Waals surface area contributed by atoms with Crippen LogP contribution in [0.25, 0.3) is 0 Å². The number of carbonyl (C=O) groups excluding carboxylic acids is 1. The lowest BCUT2D eigenvalue weighted by molar-refractivity contribution is -0.118. The van der Waals surface area contributed by atoms with E-state index in [2.05, 4.69) is 11.4 Å². The highest BCUT2D eigenvalue weighted by molar-refractivity contribution is 7.54. The van der Waals surface area contributed by atoms with E-state index in [9.17, 15) is 9.36 Å². The predicted molar refractivity (Wildman–Crippen MR) is 154 cm³/mol. The summed E-state index contributed by atoms with van der Waals surface area (Å²) in [6, 6.07) is 36.6. The highest BCUT2D eigenvalue weighted by atomic mass is 31.2. The van der Waals surface area contributed by atoms with Gasteiger partial charge in [-0.3, -0.25) is 9.36 Å². The van der Waals surface area contributed by atoms with Gasteiger partial charge in [-0.1, -0.05) is 91.0 Å². The maximum Gasteiger partial charge on any atom is 0.340 e. The second-order valence-corrected chi connectivity index (χ2v) is 11.2. The average molecular weight is 544 g/mol. The van der Waals surface area contributed by atoms with Crippen LogP contribution < -0.4 is 10.1 Å². The number of amides is 1. The predicted octanol–water partition coefficient (Wildman–Crippen LogP) is 7.54. The zero-order valence-corrected chi connectivity index (χ0v) is 22.8. The molecule has 0 aliphatic rings. The Balaban J connectivity index is 1.22. The monoisotopic (exact) mass is 543 g/mol. The lowest BCUT2D eigenvalue weighted by atomic mass is 10.1. The molecule has 0 bridgehead atoms. The molecule has 1 N–H and O–H groups in total. The number of hydrogen-bond acceptors (Lipinski definition) is 5. The van der Waals surface area contributed by atoms with Crippen molar-refractivity contribution in [2.24, 2.45) is 0 Å². The van der Waals surface area contributed by atoms with Crippen molar-refractivity contribution in [2.45, 2.75) is 32.5 Å². The van der Waals surface area contributed by atoms with Crippen LogP contribution in [0.2, 0.25) is 0 Å². The molecule has 39 heavy (non-hydrogen) atoms. The van der Waals surface area contributed by atoms with Crippen LogP contribution in [0.4, 0.5) is 0 Å². The first-order chi connectivity index (χ1) is 19.1. The van der Waals surface area contributed by atoms with Gasteiger partial charge in [0.25, 0.3) is 0 Å². The van der Waals surface area contributed by atoms with E-state index in [-0.39, 0.29) is 25.3 Å². The van der Waals surface area contributed by atoms with Crippen molar-refractivity contribution in [3.63, 3.8) is 0 Å². The molecule has 0 saturated heterocycles. The number of unbranched alkanes of at least 4 members (excludes halogenated alkanes) is 1. The van der Waals surface area contributed by atoms with E-state index in [4.69, 9.17) is 13.8 Å². The minimum Gasteiger partial charge on any atom is -0.457 e. The second-order valence-electron chi connectivity index (χ2n) is 9.16. The van der Waals surface area contributed by atoms with E-state index >= 15 is 0 Å². The third-order valence-corrected chi connectivity index (χ3v) is 7.69. The Kier molecular flexibility index (Phi) is 10.9. The van der Waals surface area contributed by atoms with Crippen molar-refractivity contribution >= 4 is 13.5 Å². The van der Waals surface area contributed by atoms with Crippen LogP contribution in [-0.2, 0) is 38.0 Å². The molecule has 0 atom stereocenters. The molecule has 0 fully saturated rings. The summed E-state index contributed by atoms with van der Waals surface area (Å²) in [6.45, 7) is 0.691. The summed E-state index contributed by atoms with van der Waals surface area (Å²) < 4.78 is 30.8. The standard InChI is InChI=1S/C32H34NO5P/c34-32(33-22-11-10-13-27-18-12-21-31(23-27)38-30-19-8-3-9-20-30)26-39(35,36-24-28-14-4-1-5-15-28)37-25-29-16-6-2-7-17-29/h1-9,12,14-21,23H,10-11,13,22,24-26H2,(H,33,34). The summed E-state index contributed by atoms with van der Waals surface area (Å²) >= 11 is 0. The molecular weight excluding hydrogens is 509 g/mol. The Morgan fingerprint density at radius 1 is 0.641 bits per heavy atom. The highest BCUT2D eigenvalue weighted by Gasteiger charge is 2.29. The van der Waals surface area contributed by atoms with Gasteiger partial charge >= 0.3 is 7.60 Å². The van der Waals surface area contributed by atoms with Gasteiger partial charge in [0.1, 0.15) is 17.7 Å². The van der Waals surface area contributed by atoms with Crippen molar-refractivity contribution in [3.8, 4) is 11.5 Å². The van der Waals surface area contributed by atoms with Crippen LogP contribution >= 0.6 is 7.60 Å². The molecule has 0 unspecified atom stereocenters. The molecule has 7 heteroatoms. The molecule has 0 heterocycles. The van der Waals surface area contributed by atoms with Gasteiger partial charge in [0.2, 0.25) is 5.91 Å². The van der Waals surface area contributed by atoms with Crippen LogP contribution in [-0.4, -0.2) is 18.6 Å². The molecule has 4 aromatic rings. The van der Waals surface area contributed by atoms with Crippen LogP contribution in [0.3, 0.4) is 0 Å². The van der Waals surface area contributed by atoms with Crippen LogP contribution in [0.1, 0.15) is 29.5 Å². The number of benzene rings is 4. The van der Waals surface area contributed by atoms with Gasteiger partial charge in [-0.2, -0.15) is 0 Å². The zero-order valence-electron chi connectivity index (χ0n) is 21.9. The Morgan fingerprint density at radius 2 is 1.18 bits per heavy atom. The van der Waals surface area contributed by atoms with Gasteiger partial charge in [-0.15, -0.1) is 0 Å². The van der Waals surface area contributed by atoms with Gasteiger partial charge in [0, 0.05) is 6.54 Å². The highest BCUT2D eigenvalue weighted by Crippen LogP contribution is 2.49. The van der Waals surface area contributed by atoms with Crippen molar-refractivity contribution in [1.82, 2.24) is 5.32 Å². The van der Waals surface area contributed by atoms with Gasteiger partial charge in [0.15, 0.2) is 0 Å². The van der Waals surface area contributed by atoms with E-state index in [0.29, 0.717) is 6.54 Å². The van der Waals surface area contributed by atoms with Crippen LogP contribution in [0, 0.1) is 0 Å². The fourth-order valence-electron chi connectivity index (χ4n) is 3.93. The molecule has 0 aliphatic carbocycles. The van der Waals surface area contributed by atoms with Crippen LogP contribution in [0.5, 0.6) is 11.5 Å². The van der Waals surface area contributed by atoms with Crippen LogP contribution in [0.15, 0.2) is 115 Å². The quantitative estimate of drug-likeness (QED) is 0.124. The number of rotatable bonds is 15. The Morgan fingerprint density at radius 3 is 1.79 bits per heavy atom. The summed E-state index contributed by atoms with van der Waals surface area (Å²) in [4.78, 5) is 12.7. The van der Waals surface area contributed by atoms with E-state index in [0.717, 1.165) is 41.9 Å². The first-order valence-electron chi connectivity index (χ1n) is 13.1. The number of nitrogens with one attached hydrogen (secondary N) is 1. The molecule has 1 amide bonds. The lowest BCUT2D eigenvalue weighted by Crippen LogP contribution is -2.28. The van der Waals surface area contributed by atoms with E-state index in [1.165, 1.54) is 5.56 Å². The summed E-state index contributed by atoms with van der Waals surface area (Å²) in [5, 5.41) is 2.87. The van der Waals surface area contributed by atoms with Crippen molar-refractivity contribution < 1.29 is 23.1 Å². The molecule has 0 aromatic heterocycles. The molecule has 0 spiro atoms. The second kappa shape index (κ2) is 15.0. The van der Waals surface area contributed by atoms with E-state index in [1.807, 2.05) is 109 Å². The molecule has 0 saturated carbocycles. The summed E-state index contributed by atoms with van der Waals surface area (Å²) in [6.07, 6.45) is 2.21. The molecule has 6 nitrogen and oxygen atoms in total. The first-order valence-corrected chi connectivity index (χ1v) is 14.9. The molecule has 4 aromatic carbocycles. The maximum absolute atomic E-state index is 13.5. The SMILES string of the molecule is O=C(CP(=O)(OCc1ccccc1)OCc1ccccc1)NCCCCc1cccc(Oc2ccccc2)c1. The Bertz CT molecular complexity index is 1290. The topological polar surface area (TPSA) is 73.9 Å². The number of aryl methyl sites for hydroxylation is 1. The average Bonchev–Trinajstić information content (AvgIpc) is 2.97. The molecular formula is C32H34NO5P. The zero-order chi connectivity index (χ0) is 27.2. The van der Waals surface area contributed by atoms with E-state index in [1.54, 1.807) is 0 Å². The Hall–Kier alpha value is -3.70. The van der Waals surface area contributed by atoms with Crippen molar-refractivity contribution in [2.75, 3.05) is 12.7 Å². The summed E-state index contributed by atoms with van der Waals surface area (Å²) in [5.74, 6) is 1.25. The third kappa shape index (κ3) is 10.2. The first kappa shape index (κ1) is 28.3. The van der Waals surface area contributed by atoms with Crippen molar-refractivity contribution in [3.05, 3.63) is 132 Å². The van der Waals surface area contributed by atoms with Gasteiger partial charge in [0.05, 0.1) is 13.2 Å². The van der Waals surface area contributed by atoms with Gasteiger partial charge < -0.3 is 19.1 Å². The third-order valence-electron chi connectivity index (χ3n) is 5.97.